The van der Waals surface area contributed by atoms with Gasteiger partial charge in [-0.25, -0.2) is 15.0 Å². The van der Waals surface area contributed by atoms with Crippen LogP contribution in [0.3, 0.4) is 0 Å². The molecule has 4 aromatic rings. The molecule has 0 aliphatic carbocycles. The largest absolute Gasteiger partial charge is 0.347 e. The van der Waals surface area contributed by atoms with E-state index in [9.17, 15) is 0 Å². The van der Waals surface area contributed by atoms with Crippen molar-refractivity contribution in [2.45, 2.75) is 20.0 Å². The van der Waals surface area contributed by atoms with Crippen molar-refractivity contribution in [3.8, 4) is 11.4 Å². The fourth-order valence-corrected chi connectivity index (χ4v) is 2.98. The van der Waals surface area contributed by atoms with Crippen LogP contribution in [0, 0.1) is 6.92 Å². The minimum Gasteiger partial charge on any atom is -0.347 e. The van der Waals surface area contributed by atoms with Crippen molar-refractivity contribution in [3.05, 3.63) is 78.1 Å². The first-order chi connectivity index (χ1) is 13.2. The predicted molar refractivity (Wildman–Crippen MR) is 104 cm³/mol. The lowest BCUT2D eigenvalue weighted by atomic mass is 10.2. The SMILES string of the molecule is Cc1cnc(NCc2nccn2Cc2ccccc2)nc1-c1ccnn1C. The molecule has 0 aliphatic heterocycles. The smallest absolute Gasteiger partial charge is 0.223 e. The molecule has 136 valence electrons. The molecule has 0 saturated carbocycles. The Balaban J connectivity index is 1.50. The summed E-state index contributed by atoms with van der Waals surface area (Å²) in [4.78, 5) is 13.5. The van der Waals surface area contributed by atoms with Crippen molar-refractivity contribution >= 4 is 5.95 Å². The van der Waals surface area contributed by atoms with E-state index in [4.69, 9.17) is 0 Å². The highest BCUT2D eigenvalue weighted by Gasteiger charge is 2.11. The number of imidazole rings is 1. The molecule has 7 nitrogen and oxygen atoms in total. The maximum Gasteiger partial charge on any atom is 0.223 e. The molecule has 7 heteroatoms. The molecule has 0 radical (unpaired) electrons. The van der Waals surface area contributed by atoms with Gasteiger partial charge in [-0.15, -0.1) is 0 Å². The Hall–Kier alpha value is -3.48. The van der Waals surface area contributed by atoms with Crippen LogP contribution in [0.1, 0.15) is 17.0 Å². The highest BCUT2D eigenvalue weighted by molar-refractivity contribution is 5.59. The summed E-state index contributed by atoms with van der Waals surface area (Å²) in [6, 6.07) is 12.3. The zero-order valence-corrected chi connectivity index (χ0v) is 15.4. The first kappa shape index (κ1) is 17.0. The van der Waals surface area contributed by atoms with Gasteiger partial charge in [0.1, 0.15) is 5.82 Å². The number of anilines is 1. The standard InChI is InChI=1S/C20H21N7/c1-15-12-22-20(25-19(15)17-8-9-24-26(17)2)23-13-18-21-10-11-27(18)14-16-6-4-3-5-7-16/h3-12H,13-14H2,1-2H3,(H,22,23,25). The van der Waals surface area contributed by atoms with Crippen molar-refractivity contribution in [3.63, 3.8) is 0 Å². The molecule has 1 aromatic carbocycles. The summed E-state index contributed by atoms with van der Waals surface area (Å²) in [5.41, 5.74) is 4.08. The summed E-state index contributed by atoms with van der Waals surface area (Å²) >= 11 is 0. The Labute approximate surface area is 157 Å². The maximum atomic E-state index is 4.67. The van der Waals surface area contributed by atoms with Gasteiger partial charge in [-0.05, 0) is 24.1 Å². The first-order valence-electron chi connectivity index (χ1n) is 8.80. The summed E-state index contributed by atoms with van der Waals surface area (Å²) in [5, 5.41) is 7.51. The highest BCUT2D eigenvalue weighted by Crippen LogP contribution is 2.20. The van der Waals surface area contributed by atoms with E-state index >= 15 is 0 Å². The van der Waals surface area contributed by atoms with Crippen LogP contribution in [-0.4, -0.2) is 29.3 Å². The van der Waals surface area contributed by atoms with Gasteiger partial charge in [0.2, 0.25) is 5.95 Å². The molecule has 3 aromatic heterocycles. The number of aromatic nitrogens is 6. The summed E-state index contributed by atoms with van der Waals surface area (Å²) in [6.07, 6.45) is 7.40. The molecular formula is C20H21N7. The number of nitrogens with zero attached hydrogens (tertiary/aromatic N) is 6. The fourth-order valence-electron chi connectivity index (χ4n) is 2.98. The van der Waals surface area contributed by atoms with Gasteiger partial charge in [-0.3, -0.25) is 4.68 Å². The first-order valence-corrected chi connectivity index (χ1v) is 8.80. The quantitative estimate of drug-likeness (QED) is 0.573. The van der Waals surface area contributed by atoms with E-state index in [0.717, 1.165) is 29.3 Å². The van der Waals surface area contributed by atoms with E-state index in [0.29, 0.717) is 12.5 Å². The number of hydrogen-bond donors (Lipinski definition) is 1. The maximum absolute atomic E-state index is 4.67. The van der Waals surface area contributed by atoms with Crippen LogP contribution in [0.2, 0.25) is 0 Å². The van der Waals surface area contributed by atoms with Crippen LogP contribution in [0.5, 0.6) is 0 Å². The third kappa shape index (κ3) is 3.72. The minimum absolute atomic E-state index is 0.549. The molecule has 4 rings (SSSR count). The third-order valence-corrected chi connectivity index (χ3v) is 4.44. The number of benzene rings is 1. The lowest BCUT2D eigenvalue weighted by molar-refractivity contribution is 0.733. The molecule has 0 unspecified atom stereocenters. The average molecular weight is 359 g/mol. The molecule has 0 aliphatic rings. The van der Waals surface area contributed by atoms with E-state index in [2.05, 4.69) is 42.1 Å². The Kier molecular flexibility index (Phi) is 4.65. The van der Waals surface area contributed by atoms with E-state index in [1.165, 1.54) is 5.56 Å². The second kappa shape index (κ2) is 7.41. The number of aryl methyl sites for hydroxylation is 2. The number of hydrogen-bond acceptors (Lipinski definition) is 5. The van der Waals surface area contributed by atoms with Gasteiger partial charge in [0.05, 0.1) is 17.9 Å². The van der Waals surface area contributed by atoms with Crippen LogP contribution in [0.4, 0.5) is 5.95 Å². The average Bonchev–Trinajstić information content (AvgIpc) is 3.31. The molecule has 0 amide bonds. The van der Waals surface area contributed by atoms with E-state index in [-0.39, 0.29) is 0 Å². The second-order valence-electron chi connectivity index (χ2n) is 6.38. The van der Waals surface area contributed by atoms with E-state index < -0.39 is 0 Å². The minimum atomic E-state index is 0.549. The Bertz CT molecular complexity index is 1030. The topological polar surface area (TPSA) is 73.5 Å². The van der Waals surface area contributed by atoms with Crippen molar-refractivity contribution in [1.29, 1.82) is 0 Å². The predicted octanol–water partition coefficient (Wildman–Crippen LogP) is 3.04. The summed E-state index contributed by atoms with van der Waals surface area (Å²) in [7, 11) is 1.91. The molecule has 27 heavy (non-hydrogen) atoms. The Morgan fingerprint density at radius 1 is 1.04 bits per heavy atom. The normalized spacial score (nSPS) is 10.9. The van der Waals surface area contributed by atoms with Crippen molar-refractivity contribution in [1.82, 2.24) is 29.3 Å². The van der Waals surface area contributed by atoms with Gasteiger partial charge < -0.3 is 9.88 Å². The van der Waals surface area contributed by atoms with Crippen LogP contribution < -0.4 is 5.32 Å². The van der Waals surface area contributed by atoms with Crippen LogP contribution in [0.25, 0.3) is 11.4 Å². The molecule has 1 N–H and O–H groups in total. The highest BCUT2D eigenvalue weighted by atomic mass is 15.3. The zero-order valence-electron chi connectivity index (χ0n) is 15.4. The summed E-state index contributed by atoms with van der Waals surface area (Å²) in [5.74, 6) is 1.51. The van der Waals surface area contributed by atoms with Crippen molar-refractivity contribution in [2.75, 3.05) is 5.32 Å². The van der Waals surface area contributed by atoms with Gasteiger partial charge >= 0.3 is 0 Å². The lowest BCUT2D eigenvalue weighted by Crippen LogP contribution is -2.11. The molecule has 0 atom stereocenters. The summed E-state index contributed by atoms with van der Waals surface area (Å²) in [6.45, 7) is 3.33. The van der Waals surface area contributed by atoms with Crippen LogP contribution in [0.15, 0.2) is 61.2 Å². The molecule has 0 bridgehead atoms. The molecule has 3 heterocycles. The fraction of sp³-hybridized carbons (Fsp3) is 0.200. The van der Waals surface area contributed by atoms with Gasteiger partial charge in [-0.1, -0.05) is 30.3 Å². The number of rotatable bonds is 6. The molecule has 0 spiro atoms. The van der Waals surface area contributed by atoms with E-state index in [1.807, 2.05) is 61.5 Å². The van der Waals surface area contributed by atoms with Crippen LogP contribution in [-0.2, 0) is 20.1 Å². The van der Waals surface area contributed by atoms with Gasteiger partial charge in [-0.2, -0.15) is 5.10 Å². The second-order valence-corrected chi connectivity index (χ2v) is 6.38. The third-order valence-electron chi connectivity index (χ3n) is 4.44. The number of nitrogens with one attached hydrogen (secondary N) is 1. The Morgan fingerprint density at radius 3 is 2.67 bits per heavy atom. The Morgan fingerprint density at radius 2 is 1.89 bits per heavy atom. The molecule has 0 saturated heterocycles. The van der Waals surface area contributed by atoms with Gasteiger partial charge in [0.15, 0.2) is 0 Å². The summed E-state index contributed by atoms with van der Waals surface area (Å²) < 4.78 is 3.93. The van der Waals surface area contributed by atoms with E-state index in [1.54, 1.807) is 6.20 Å². The van der Waals surface area contributed by atoms with Gasteiger partial charge in [0.25, 0.3) is 0 Å². The van der Waals surface area contributed by atoms with Crippen LogP contribution >= 0.6 is 0 Å². The molecular weight excluding hydrogens is 338 g/mol. The zero-order chi connectivity index (χ0) is 18.6. The van der Waals surface area contributed by atoms with Crippen molar-refractivity contribution < 1.29 is 0 Å². The van der Waals surface area contributed by atoms with Crippen molar-refractivity contribution in [2.24, 2.45) is 7.05 Å². The van der Waals surface area contributed by atoms with Gasteiger partial charge in [0, 0.05) is 38.4 Å². The monoisotopic (exact) mass is 359 g/mol. The molecule has 0 fully saturated rings. The lowest BCUT2D eigenvalue weighted by Gasteiger charge is -2.11.